The smallest absolute Gasteiger partial charge is 0.136 e. The molecule has 0 radical (unpaired) electrons. The van der Waals surface area contributed by atoms with Gasteiger partial charge in [0.1, 0.15) is 5.78 Å². The summed E-state index contributed by atoms with van der Waals surface area (Å²) >= 11 is 0. The van der Waals surface area contributed by atoms with Crippen LogP contribution in [0, 0.1) is 17.3 Å². The van der Waals surface area contributed by atoms with Crippen molar-refractivity contribution in [2.45, 2.75) is 51.9 Å². The molecule has 2 saturated carbocycles. The minimum Gasteiger partial charge on any atom is -0.299 e. The lowest BCUT2D eigenvalue weighted by Gasteiger charge is -2.26. The lowest BCUT2D eigenvalue weighted by atomic mass is 9.77. The van der Waals surface area contributed by atoms with Crippen molar-refractivity contribution in [1.82, 2.24) is 0 Å². The number of ketones is 1. The zero-order valence-corrected chi connectivity index (χ0v) is 9.80. The maximum atomic E-state index is 11.9. The molecule has 0 aromatic carbocycles. The van der Waals surface area contributed by atoms with Gasteiger partial charge in [-0.25, -0.2) is 0 Å². The van der Waals surface area contributed by atoms with Gasteiger partial charge in [-0.1, -0.05) is 25.8 Å². The van der Waals surface area contributed by atoms with Crippen LogP contribution in [-0.2, 0) is 4.79 Å². The molecule has 2 aliphatic rings. The van der Waals surface area contributed by atoms with Crippen molar-refractivity contribution >= 4 is 5.78 Å². The van der Waals surface area contributed by atoms with Crippen LogP contribution in [0.25, 0.3) is 0 Å². The maximum absolute atomic E-state index is 11.9. The average molecular weight is 206 g/mol. The van der Waals surface area contributed by atoms with Crippen LogP contribution < -0.4 is 0 Å². The van der Waals surface area contributed by atoms with E-state index in [2.05, 4.69) is 13.5 Å². The van der Waals surface area contributed by atoms with Gasteiger partial charge in [0.2, 0.25) is 0 Å². The fourth-order valence-corrected chi connectivity index (χ4v) is 3.30. The lowest BCUT2D eigenvalue weighted by Crippen LogP contribution is -2.26. The van der Waals surface area contributed by atoms with Crippen LogP contribution in [0.1, 0.15) is 51.9 Å². The monoisotopic (exact) mass is 206 g/mol. The zero-order chi connectivity index (χ0) is 10.9. The molecular formula is C14H22O. The van der Waals surface area contributed by atoms with E-state index < -0.39 is 0 Å². The first-order chi connectivity index (χ1) is 7.22. The van der Waals surface area contributed by atoms with Crippen LogP contribution in [0.4, 0.5) is 0 Å². The second kappa shape index (κ2) is 4.11. The highest BCUT2D eigenvalue weighted by Crippen LogP contribution is 2.64. The fourth-order valence-electron chi connectivity index (χ4n) is 3.30. The number of Topliss-reactive ketones (excluding diaryl/α,β-unsaturated/α-hetero) is 1. The van der Waals surface area contributed by atoms with Gasteiger partial charge in [-0.2, -0.15) is 0 Å². The molecular weight excluding hydrogens is 184 g/mol. The normalized spacial score (nSPS) is 38.6. The summed E-state index contributed by atoms with van der Waals surface area (Å²) in [7, 11) is 0. The van der Waals surface area contributed by atoms with Crippen molar-refractivity contribution in [2.24, 2.45) is 17.3 Å². The number of allylic oxidation sites excluding steroid dienone is 1. The minimum absolute atomic E-state index is 0.310. The molecule has 2 rings (SSSR count). The lowest BCUT2D eigenvalue weighted by molar-refractivity contribution is -0.126. The summed E-state index contributed by atoms with van der Waals surface area (Å²) in [5.74, 6) is 1.69. The highest BCUT2D eigenvalue weighted by molar-refractivity contribution is 5.83. The summed E-state index contributed by atoms with van der Waals surface area (Å²) in [5.41, 5.74) is 0.463. The molecule has 0 heterocycles. The quantitative estimate of drug-likeness (QED) is 0.626. The number of carbonyl (C=O) groups is 1. The Balaban J connectivity index is 1.92. The maximum Gasteiger partial charge on any atom is 0.136 e. The number of hydrogen-bond acceptors (Lipinski definition) is 1. The third-order valence-corrected chi connectivity index (χ3v) is 4.39. The van der Waals surface area contributed by atoms with Crippen LogP contribution in [0.3, 0.4) is 0 Å². The molecule has 1 nitrogen and oxygen atoms in total. The van der Waals surface area contributed by atoms with Crippen molar-refractivity contribution in [3.05, 3.63) is 12.7 Å². The first-order valence-corrected chi connectivity index (χ1v) is 6.35. The van der Waals surface area contributed by atoms with Crippen molar-refractivity contribution in [2.75, 3.05) is 0 Å². The zero-order valence-electron chi connectivity index (χ0n) is 9.80. The summed E-state index contributed by atoms with van der Waals surface area (Å²) in [6.07, 6.45) is 10.0. The Morgan fingerprint density at radius 3 is 3.07 bits per heavy atom. The Labute approximate surface area is 92.9 Å². The molecule has 0 aliphatic heterocycles. The highest BCUT2D eigenvalue weighted by atomic mass is 16.1. The van der Waals surface area contributed by atoms with E-state index in [1.165, 1.54) is 25.7 Å². The Kier molecular flexibility index (Phi) is 2.99. The Morgan fingerprint density at radius 1 is 1.60 bits per heavy atom. The largest absolute Gasteiger partial charge is 0.299 e. The van der Waals surface area contributed by atoms with Gasteiger partial charge in [-0.15, -0.1) is 6.58 Å². The first kappa shape index (κ1) is 10.9. The second-order valence-electron chi connectivity index (χ2n) is 5.47. The van der Waals surface area contributed by atoms with Gasteiger partial charge >= 0.3 is 0 Å². The van der Waals surface area contributed by atoms with E-state index in [1.54, 1.807) is 0 Å². The SMILES string of the molecule is C=CC[C@@H]1C[C@H]2C[C@@]2(CCCC)CC1=O. The van der Waals surface area contributed by atoms with Crippen molar-refractivity contribution < 1.29 is 4.79 Å². The Hall–Kier alpha value is -0.590. The van der Waals surface area contributed by atoms with Crippen LogP contribution in [0.15, 0.2) is 12.7 Å². The molecule has 0 unspecified atom stereocenters. The van der Waals surface area contributed by atoms with E-state index in [0.29, 0.717) is 17.1 Å². The van der Waals surface area contributed by atoms with Crippen LogP contribution >= 0.6 is 0 Å². The predicted molar refractivity (Wildman–Crippen MR) is 62.6 cm³/mol. The third-order valence-electron chi connectivity index (χ3n) is 4.39. The summed E-state index contributed by atoms with van der Waals surface area (Å²) in [6, 6.07) is 0. The van der Waals surface area contributed by atoms with Crippen molar-refractivity contribution in [3.63, 3.8) is 0 Å². The van der Waals surface area contributed by atoms with E-state index >= 15 is 0 Å². The molecule has 0 bridgehead atoms. The molecule has 1 heteroatoms. The van der Waals surface area contributed by atoms with Gasteiger partial charge in [0.05, 0.1) is 0 Å². The van der Waals surface area contributed by atoms with E-state index in [4.69, 9.17) is 0 Å². The molecule has 2 aliphatic carbocycles. The molecule has 15 heavy (non-hydrogen) atoms. The number of unbranched alkanes of at least 4 members (excludes halogenated alkanes) is 1. The molecule has 0 aromatic rings. The van der Waals surface area contributed by atoms with Crippen LogP contribution in [0.5, 0.6) is 0 Å². The first-order valence-electron chi connectivity index (χ1n) is 6.35. The van der Waals surface area contributed by atoms with Crippen LogP contribution in [-0.4, -0.2) is 5.78 Å². The summed E-state index contributed by atoms with van der Waals surface area (Å²) in [5, 5.41) is 0. The molecule has 0 spiro atoms. The molecule has 0 amide bonds. The number of rotatable bonds is 5. The van der Waals surface area contributed by atoms with Crippen molar-refractivity contribution in [3.8, 4) is 0 Å². The van der Waals surface area contributed by atoms with Gasteiger partial charge < -0.3 is 0 Å². The topological polar surface area (TPSA) is 17.1 Å². The fraction of sp³-hybridized carbons (Fsp3) is 0.786. The Morgan fingerprint density at radius 2 is 2.40 bits per heavy atom. The van der Waals surface area contributed by atoms with E-state index in [9.17, 15) is 4.79 Å². The van der Waals surface area contributed by atoms with E-state index in [-0.39, 0.29) is 0 Å². The summed E-state index contributed by atoms with van der Waals surface area (Å²) in [6.45, 7) is 5.98. The average Bonchev–Trinajstić information content (AvgIpc) is 2.89. The number of hydrogen-bond donors (Lipinski definition) is 0. The van der Waals surface area contributed by atoms with Gasteiger partial charge in [-0.05, 0) is 37.0 Å². The molecule has 2 fully saturated rings. The van der Waals surface area contributed by atoms with E-state index in [1.807, 2.05) is 6.08 Å². The van der Waals surface area contributed by atoms with E-state index in [0.717, 1.165) is 25.2 Å². The predicted octanol–water partition coefficient (Wildman–Crippen LogP) is 3.74. The minimum atomic E-state index is 0.310. The standard InChI is InChI=1S/C14H22O/c1-3-5-7-14-9-12(14)8-11(6-4-2)13(15)10-14/h4,11-12H,2-3,5-10H2,1H3/t11-,12+,14+/m1/s1. The second-order valence-corrected chi connectivity index (χ2v) is 5.47. The Bertz CT molecular complexity index is 269. The molecule has 0 aromatic heterocycles. The summed E-state index contributed by atoms with van der Waals surface area (Å²) in [4.78, 5) is 11.9. The summed E-state index contributed by atoms with van der Waals surface area (Å²) < 4.78 is 0. The van der Waals surface area contributed by atoms with Gasteiger partial charge in [0.25, 0.3) is 0 Å². The third kappa shape index (κ3) is 2.02. The number of fused-ring (bicyclic) bond motifs is 1. The number of carbonyl (C=O) groups excluding carboxylic acids is 1. The van der Waals surface area contributed by atoms with Gasteiger partial charge in [0, 0.05) is 12.3 Å². The van der Waals surface area contributed by atoms with Crippen molar-refractivity contribution in [1.29, 1.82) is 0 Å². The van der Waals surface area contributed by atoms with Crippen LogP contribution in [0.2, 0.25) is 0 Å². The molecule has 0 N–H and O–H groups in total. The van der Waals surface area contributed by atoms with Gasteiger partial charge in [0.15, 0.2) is 0 Å². The molecule has 84 valence electrons. The highest BCUT2D eigenvalue weighted by Gasteiger charge is 2.57. The molecule has 3 atom stereocenters. The molecule has 0 saturated heterocycles. The van der Waals surface area contributed by atoms with Gasteiger partial charge in [-0.3, -0.25) is 4.79 Å².